The van der Waals surface area contributed by atoms with Crippen molar-refractivity contribution in [1.29, 1.82) is 0 Å². The molecule has 1 N–H and O–H groups in total. The lowest BCUT2D eigenvalue weighted by Gasteiger charge is -2.18. The van der Waals surface area contributed by atoms with Crippen LogP contribution in [0.3, 0.4) is 0 Å². The quantitative estimate of drug-likeness (QED) is 0.669. The minimum absolute atomic E-state index is 0.503. The van der Waals surface area contributed by atoms with Crippen LogP contribution >= 0.6 is 23.8 Å². The van der Waals surface area contributed by atoms with E-state index in [0.29, 0.717) is 6.54 Å². The zero-order chi connectivity index (χ0) is 17.8. The van der Waals surface area contributed by atoms with Gasteiger partial charge in [-0.25, -0.2) is 0 Å². The SMILES string of the molecule is CCCc1ccccc1C1=NCC(=S)Nc2cc(Cl)cc(CCC)c21. The molecule has 0 radical (unpaired) electrons. The molecule has 0 unspecified atom stereocenters. The summed E-state index contributed by atoms with van der Waals surface area (Å²) in [6.07, 6.45) is 4.17. The topological polar surface area (TPSA) is 24.4 Å². The average molecular weight is 371 g/mol. The summed E-state index contributed by atoms with van der Waals surface area (Å²) in [6, 6.07) is 12.6. The van der Waals surface area contributed by atoms with Gasteiger partial charge in [-0.2, -0.15) is 0 Å². The Hall–Kier alpha value is -1.71. The predicted molar refractivity (Wildman–Crippen MR) is 113 cm³/mol. The summed E-state index contributed by atoms with van der Waals surface area (Å²) in [4.78, 5) is 5.63. The summed E-state index contributed by atoms with van der Waals surface area (Å²) < 4.78 is 0. The Labute approximate surface area is 160 Å². The molecule has 0 amide bonds. The molecule has 2 nitrogen and oxygen atoms in total. The number of thiocarbonyl (C=S) groups is 1. The predicted octanol–water partition coefficient (Wildman–Crippen LogP) is 5.84. The van der Waals surface area contributed by atoms with Gasteiger partial charge >= 0.3 is 0 Å². The molecule has 2 aromatic carbocycles. The standard InChI is InChI=1S/C21H23ClN2S/c1-3-7-14-9-5-6-10-17(14)21-20-15(8-4-2)11-16(22)12-18(20)24-19(25)13-23-21/h5-6,9-12H,3-4,7-8,13H2,1-2H3,(H,24,25). The molecule has 0 fully saturated rings. The number of hydrogen-bond acceptors (Lipinski definition) is 2. The second-order valence-corrected chi connectivity index (χ2v) is 7.29. The minimum Gasteiger partial charge on any atom is -0.348 e. The fourth-order valence-electron chi connectivity index (χ4n) is 3.39. The number of nitrogens with zero attached hydrogens (tertiary/aromatic N) is 1. The Kier molecular flexibility index (Phi) is 5.87. The maximum Gasteiger partial charge on any atom is 0.102 e. The molecule has 0 spiro atoms. The number of aryl methyl sites for hydroxylation is 2. The van der Waals surface area contributed by atoms with Crippen molar-refractivity contribution >= 4 is 40.2 Å². The van der Waals surface area contributed by atoms with Crippen molar-refractivity contribution < 1.29 is 0 Å². The molecule has 0 saturated heterocycles. The van der Waals surface area contributed by atoms with E-state index in [-0.39, 0.29) is 0 Å². The lowest BCUT2D eigenvalue weighted by molar-refractivity contribution is 0.915. The second-order valence-electron chi connectivity index (χ2n) is 6.36. The number of anilines is 1. The lowest BCUT2D eigenvalue weighted by atomic mass is 9.90. The van der Waals surface area contributed by atoms with Gasteiger partial charge in [-0.3, -0.25) is 4.99 Å². The third-order valence-electron chi connectivity index (χ3n) is 4.39. The first kappa shape index (κ1) is 18.1. The van der Waals surface area contributed by atoms with Crippen LogP contribution in [0, 0.1) is 0 Å². The van der Waals surface area contributed by atoms with Crippen LogP contribution in [0.5, 0.6) is 0 Å². The van der Waals surface area contributed by atoms with E-state index in [0.717, 1.165) is 52.7 Å². The number of nitrogens with one attached hydrogen (secondary N) is 1. The van der Waals surface area contributed by atoms with Gasteiger partial charge in [0.1, 0.15) is 4.99 Å². The zero-order valence-electron chi connectivity index (χ0n) is 14.7. The summed E-state index contributed by atoms with van der Waals surface area (Å²) in [5, 5.41) is 4.08. The normalized spacial score (nSPS) is 13.7. The molecule has 0 aromatic heterocycles. The Morgan fingerprint density at radius 1 is 1.08 bits per heavy atom. The molecule has 3 rings (SSSR count). The van der Waals surface area contributed by atoms with Crippen LogP contribution in [-0.4, -0.2) is 17.2 Å². The number of benzodiazepines with no additional fused rings is 1. The van der Waals surface area contributed by atoms with E-state index in [1.165, 1.54) is 16.7 Å². The molecule has 4 heteroatoms. The van der Waals surface area contributed by atoms with Gasteiger partial charge in [0.25, 0.3) is 0 Å². The lowest BCUT2D eigenvalue weighted by Crippen LogP contribution is -2.13. The molecule has 0 saturated carbocycles. The number of benzene rings is 2. The van der Waals surface area contributed by atoms with Gasteiger partial charge in [-0.1, -0.05) is 74.8 Å². The Bertz CT molecular complexity index is 827. The maximum absolute atomic E-state index is 6.37. The molecule has 1 aliphatic rings. The number of hydrogen-bond donors (Lipinski definition) is 1. The van der Waals surface area contributed by atoms with Gasteiger partial charge in [-0.15, -0.1) is 0 Å². The molecule has 1 aliphatic heterocycles. The fourth-order valence-corrected chi connectivity index (χ4v) is 3.80. The first-order valence-electron chi connectivity index (χ1n) is 8.89. The summed E-state index contributed by atoms with van der Waals surface area (Å²) in [5.74, 6) is 0. The molecule has 1 heterocycles. The van der Waals surface area contributed by atoms with E-state index in [1.54, 1.807) is 0 Å². The second kappa shape index (κ2) is 8.11. The van der Waals surface area contributed by atoms with Crippen molar-refractivity contribution in [2.45, 2.75) is 39.5 Å². The zero-order valence-corrected chi connectivity index (χ0v) is 16.3. The molecule has 130 valence electrons. The number of halogens is 1. The van der Waals surface area contributed by atoms with Crippen LogP contribution in [0.4, 0.5) is 5.69 Å². The fraction of sp³-hybridized carbons (Fsp3) is 0.333. The number of aliphatic imine (C=N–C) groups is 1. The molecular weight excluding hydrogens is 348 g/mol. The highest BCUT2D eigenvalue weighted by Gasteiger charge is 2.22. The first-order valence-corrected chi connectivity index (χ1v) is 9.68. The maximum atomic E-state index is 6.37. The van der Waals surface area contributed by atoms with Crippen molar-refractivity contribution in [3.05, 3.63) is 63.7 Å². The van der Waals surface area contributed by atoms with E-state index in [1.807, 2.05) is 6.07 Å². The average Bonchev–Trinajstić information content (AvgIpc) is 2.74. The molecule has 0 atom stereocenters. The summed E-state index contributed by atoms with van der Waals surface area (Å²) in [7, 11) is 0. The van der Waals surface area contributed by atoms with E-state index < -0.39 is 0 Å². The summed E-state index contributed by atoms with van der Waals surface area (Å²) in [6.45, 7) is 4.89. The van der Waals surface area contributed by atoms with Gasteiger partial charge in [0.2, 0.25) is 0 Å². The highest BCUT2D eigenvalue weighted by Crippen LogP contribution is 2.32. The van der Waals surface area contributed by atoms with Crippen molar-refractivity contribution in [3.8, 4) is 0 Å². The van der Waals surface area contributed by atoms with E-state index in [2.05, 4.69) is 49.5 Å². The Morgan fingerprint density at radius 2 is 1.80 bits per heavy atom. The Balaban J connectivity index is 2.24. The van der Waals surface area contributed by atoms with Crippen molar-refractivity contribution in [1.82, 2.24) is 0 Å². The monoisotopic (exact) mass is 370 g/mol. The van der Waals surface area contributed by atoms with E-state index in [4.69, 9.17) is 28.8 Å². The van der Waals surface area contributed by atoms with Gasteiger partial charge in [0.05, 0.1) is 17.9 Å². The largest absolute Gasteiger partial charge is 0.348 e. The van der Waals surface area contributed by atoms with Crippen LogP contribution in [0.1, 0.15) is 48.9 Å². The number of fused-ring (bicyclic) bond motifs is 1. The van der Waals surface area contributed by atoms with Gasteiger partial charge in [0.15, 0.2) is 0 Å². The van der Waals surface area contributed by atoms with Crippen molar-refractivity contribution in [2.24, 2.45) is 4.99 Å². The number of rotatable bonds is 5. The molecular formula is C21H23ClN2S. The highest BCUT2D eigenvalue weighted by molar-refractivity contribution is 7.80. The smallest absolute Gasteiger partial charge is 0.102 e. The first-order chi connectivity index (χ1) is 12.1. The Morgan fingerprint density at radius 3 is 2.56 bits per heavy atom. The van der Waals surface area contributed by atoms with Crippen LogP contribution in [0.2, 0.25) is 5.02 Å². The molecule has 0 bridgehead atoms. The third kappa shape index (κ3) is 3.94. The van der Waals surface area contributed by atoms with E-state index >= 15 is 0 Å². The van der Waals surface area contributed by atoms with Crippen LogP contribution in [0.25, 0.3) is 0 Å². The van der Waals surface area contributed by atoms with Crippen LogP contribution < -0.4 is 5.32 Å². The van der Waals surface area contributed by atoms with Crippen molar-refractivity contribution in [2.75, 3.05) is 11.9 Å². The third-order valence-corrected chi connectivity index (χ3v) is 4.84. The minimum atomic E-state index is 0.503. The highest BCUT2D eigenvalue weighted by atomic mass is 35.5. The molecule has 0 aliphatic carbocycles. The molecule has 25 heavy (non-hydrogen) atoms. The van der Waals surface area contributed by atoms with Gasteiger partial charge < -0.3 is 5.32 Å². The van der Waals surface area contributed by atoms with Crippen LogP contribution in [0.15, 0.2) is 41.4 Å². The van der Waals surface area contributed by atoms with Crippen LogP contribution in [-0.2, 0) is 12.8 Å². The van der Waals surface area contributed by atoms with Crippen molar-refractivity contribution in [3.63, 3.8) is 0 Å². The van der Waals surface area contributed by atoms with Gasteiger partial charge in [-0.05, 0) is 36.1 Å². The molecule has 2 aromatic rings. The summed E-state index contributed by atoms with van der Waals surface area (Å²) in [5.41, 5.74) is 6.92. The van der Waals surface area contributed by atoms with E-state index in [9.17, 15) is 0 Å². The van der Waals surface area contributed by atoms with Gasteiger partial charge in [0, 0.05) is 16.1 Å². The summed E-state index contributed by atoms with van der Waals surface area (Å²) >= 11 is 11.8.